The van der Waals surface area contributed by atoms with Gasteiger partial charge in [-0.15, -0.1) is 0 Å². The van der Waals surface area contributed by atoms with Gasteiger partial charge in [-0.3, -0.25) is 9.00 Å². The van der Waals surface area contributed by atoms with Gasteiger partial charge in [0, 0.05) is 33.8 Å². The normalized spacial score (nSPS) is 29.9. The summed E-state index contributed by atoms with van der Waals surface area (Å²) in [5.41, 5.74) is 1.89. The van der Waals surface area contributed by atoms with Crippen molar-refractivity contribution in [1.82, 2.24) is 5.01 Å². The minimum absolute atomic E-state index is 0.0344. The van der Waals surface area contributed by atoms with E-state index in [4.69, 9.17) is 14.6 Å². The lowest BCUT2D eigenvalue weighted by Gasteiger charge is -2.41. The van der Waals surface area contributed by atoms with Crippen LogP contribution in [0.1, 0.15) is 31.2 Å². The molecule has 2 atom stereocenters. The lowest BCUT2D eigenvalue weighted by Crippen LogP contribution is -2.50. The van der Waals surface area contributed by atoms with Gasteiger partial charge in [0.1, 0.15) is 0 Å². The fraction of sp³-hybridized carbons (Fsp3) is 0.524. The Hall–Kier alpha value is -2.15. The van der Waals surface area contributed by atoms with Crippen LogP contribution in [0.25, 0.3) is 0 Å². The van der Waals surface area contributed by atoms with Gasteiger partial charge in [-0.1, -0.05) is 12.2 Å². The van der Waals surface area contributed by atoms with E-state index in [0.29, 0.717) is 23.0 Å². The number of carbonyl (C=O) groups is 1. The minimum Gasteiger partial charge on any atom is -0.493 e. The second-order valence-electron chi connectivity index (χ2n) is 7.47. The van der Waals surface area contributed by atoms with Gasteiger partial charge < -0.3 is 9.47 Å². The summed E-state index contributed by atoms with van der Waals surface area (Å²) in [7, 11) is 2.47. The van der Waals surface area contributed by atoms with Gasteiger partial charge in [-0.2, -0.15) is 5.10 Å². The third-order valence-electron chi connectivity index (χ3n) is 5.92. The molecule has 0 unspecified atom stereocenters. The highest BCUT2D eigenvalue weighted by molar-refractivity contribution is 7.85. The number of hydrogen-bond acceptors (Lipinski definition) is 5. The number of rotatable bonds is 4. The maximum absolute atomic E-state index is 13.2. The van der Waals surface area contributed by atoms with E-state index in [2.05, 4.69) is 12.2 Å². The summed E-state index contributed by atoms with van der Waals surface area (Å²) in [6, 6.07) is 5.85. The zero-order valence-electron chi connectivity index (χ0n) is 16.3. The van der Waals surface area contributed by atoms with Crippen LogP contribution in [0.2, 0.25) is 0 Å². The molecule has 2 aliphatic heterocycles. The molecular formula is C21H26N2O4S. The summed E-state index contributed by atoms with van der Waals surface area (Å²) < 4.78 is 22.6. The van der Waals surface area contributed by atoms with E-state index >= 15 is 0 Å². The molecule has 6 nitrogen and oxygen atoms in total. The number of hydrazone groups is 1. The standard InChI is InChI=1S/C21H26N2O4S/c1-26-18-8-7-14(13-19(18)27-2)20-16-5-3-4-6-17(16)21(24)23(22-20)15-9-11-28(25)12-10-15/h3-4,7-8,13,15-17H,5-6,9-12H2,1-2H3/t15?,16-,17+,28?/m0/s1. The molecule has 1 aromatic carbocycles. The van der Waals surface area contributed by atoms with Crippen LogP contribution in [0, 0.1) is 11.8 Å². The maximum atomic E-state index is 13.2. The molecule has 2 heterocycles. The number of allylic oxidation sites excluding steroid dienone is 2. The monoisotopic (exact) mass is 402 g/mol. The number of fused-ring (bicyclic) bond motifs is 1. The molecule has 3 aliphatic rings. The Morgan fingerprint density at radius 3 is 2.39 bits per heavy atom. The average molecular weight is 403 g/mol. The van der Waals surface area contributed by atoms with Crippen molar-refractivity contribution in [1.29, 1.82) is 0 Å². The highest BCUT2D eigenvalue weighted by Crippen LogP contribution is 2.38. The summed E-state index contributed by atoms with van der Waals surface area (Å²) in [6.07, 6.45) is 7.29. The Morgan fingerprint density at radius 2 is 1.71 bits per heavy atom. The first-order valence-corrected chi connectivity index (χ1v) is 11.2. The molecule has 0 N–H and O–H groups in total. The van der Waals surface area contributed by atoms with E-state index in [1.54, 1.807) is 19.2 Å². The minimum atomic E-state index is -0.765. The van der Waals surface area contributed by atoms with Gasteiger partial charge in [0.25, 0.3) is 0 Å². The van der Waals surface area contributed by atoms with Crippen molar-refractivity contribution in [2.45, 2.75) is 31.7 Å². The second kappa shape index (κ2) is 8.07. The summed E-state index contributed by atoms with van der Waals surface area (Å²) in [4.78, 5) is 13.2. The first kappa shape index (κ1) is 19.2. The number of nitrogens with zero attached hydrogens (tertiary/aromatic N) is 2. The molecule has 1 aliphatic carbocycles. The predicted octanol–water partition coefficient (Wildman–Crippen LogP) is 2.74. The fourth-order valence-corrected chi connectivity index (χ4v) is 5.63. The lowest BCUT2D eigenvalue weighted by atomic mass is 9.76. The molecular weight excluding hydrogens is 376 g/mol. The van der Waals surface area contributed by atoms with Gasteiger partial charge in [-0.25, -0.2) is 5.01 Å². The first-order chi connectivity index (χ1) is 13.6. The van der Waals surface area contributed by atoms with Crippen molar-refractivity contribution < 1.29 is 18.5 Å². The van der Waals surface area contributed by atoms with Crippen molar-refractivity contribution in [2.24, 2.45) is 16.9 Å². The Balaban J connectivity index is 1.74. The largest absolute Gasteiger partial charge is 0.493 e. The Labute approximate surface area is 168 Å². The van der Waals surface area contributed by atoms with E-state index in [1.165, 1.54) is 0 Å². The van der Waals surface area contributed by atoms with Crippen molar-refractivity contribution in [2.75, 3.05) is 25.7 Å². The molecule has 1 aromatic rings. The average Bonchev–Trinajstić information content (AvgIpc) is 2.74. The molecule has 0 radical (unpaired) electrons. The zero-order chi connectivity index (χ0) is 19.7. The molecule has 1 saturated heterocycles. The summed E-state index contributed by atoms with van der Waals surface area (Å²) >= 11 is 0. The van der Waals surface area contributed by atoms with Crippen molar-refractivity contribution >= 4 is 22.4 Å². The summed E-state index contributed by atoms with van der Waals surface area (Å²) in [5.74, 6) is 2.71. The van der Waals surface area contributed by atoms with Gasteiger partial charge >= 0.3 is 0 Å². The smallest absolute Gasteiger partial charge is 0.247 e. The van der Waals surface area contributed by atoms with Crippen molar-refractivity contribution in [3.8, 4) is 11.5 Å². The van der Waals surface area contributed by atoms with Crippen LogP contribution < -0.4 is 9.47 Å². The quantitative estimate of drug-likeness (QED) is 0.727. The van der Waals surface area contributed by atoms with Gasteiger partial charge in [0.05, 0.1) is 31.9 Å². The number of hydrogen-bond donors (Lipinski definition) is 0. The molecule has 150 valence electrons. The highest BCUT2D eigenvalue weighted by atomic mass is 32.2. The number of benzene rings is 1. The SMILES string of the molecule is COc1ccc(C2=NN(C3CCS(=O)CC3)C(=O)[C@@H]3CC=CC[C@H]23)cc1OC. The molecule has 4 rings (SSSR count). The molecule has 7 heteroatoms. The zero-order valence-corrected chi connectivity index (χ0v) is 17.1. The van der Waals surface area contributed by atoms with E-state index < -0.39 is 10.8 Å². The number of methoxy groups -OCH3 is 2. The van der Waals surface area contributed by atoms with E-state index in [1.807, 2.05) is 18.2 Å². The Morgan fingerprint density at radius 1 is 1.04 bits per heavy atom. The summed E-state index contributed by atoms with van der Waals surface area (Å²) in [5, 5.41) is 6.57. The van der Waals surface area contributed by atoms with Crippen LogP contribution in [0.15, 0.2) is 35.5 Å². The van der Waals surface area contributed by atoms with E-state index in [-0.39, 0.29) is 23.8 Å². The molecule has 0 spiro atoms. The highest BCUT2D eigenvalue weighted by Gasteiger charge is 2.42. The molecule has 28 heavy (non-hydrogen) atoms. The predicted molar refractivity (Wildman–Crippen MR) is 109 cm³/mol. The Kier molecular flexibility index (Phi) is 5.53. The third-order valence-corrected chi connectivity index (χ3v) is 7.31. The molecule has 0 aromatic heterocycles. The molecule has 0 bridgehead atoms. The van der Waals surface area contributed by atoms with Gasteiger partial charge in [0.15, 0.2) is 11.5 Å². The van der Waals surface area contributed by atoms with Gasteiger partial charge in [-0.05, 0) is 43.9 Å². The van der Waals surface area contributed by atoms with Crippen LogP contribution in [-0.2, 0) is 15.6 Å². The van der Waals surface area contributed by atoms with Crippen molar-refractivity contribution in [3.05, 3.63) is 35.9 Å². The van der Waals surface area contributed by atoms with E-state index in [0.717, 1.165) is 37.0 Å². The molecule has 1 fully saturated rings. The second-order valence-corrected chi connectivity index (χ2v) is 9.17. The van der Waals surface area contributed by atoms with Crippen LogP contribution in [-0.4, -0.2) is 52.6 Å². The number of ether oxygens (including phenoxy) is 2. The van der Waals surface area contributed by atoms with E-state index in [9.17, 15) is 9.00 Å². The topological polar surface area (TPSA) is 68.2 Å². The third kappa shape index (κ3) is 3.48. The van der Waals surface area contributed by atoms with Gasteiger partial charge in [0.2, 0.25) is 5.91 Å². The fourth-order valence-electron chi connectivity index (χ4n) is 4.35. The number of amides is 1. The lowest BCUT2D eigenvalue weighted by molar-refractivity contribution is -0.140. The first-order valence-electron chi connectivity index (χ1n) is 9.76. The van der Waals surface area contributed by atoms with Crippen molar-refractivity contribution in [3.63, 3.8) is 0 Å². The Bertz CT molecular complexity index is 841. The summed E-state index contributed by atoms with van der Waals surface area (Å²) in [6.45, 7) is 0. The van der Waals surface area contributed by atoms with Crippen LogP contribution in [0.4, 0.5) is 0 Å². The molecule has 1 amide bonds. The number of carbonyl (C=O) groups excluding carboxylic acids is 1. The van der Waals surface area contributed by atoms with Crippen LogP contribution in [0.5, 0.6) is 11.5 Å². The van der Waals surface area contributed by atoms with Crippen LogP contribution in [0.3, 0.4) is 0 Å². The molecule has 0 saturated carbocycles. The maximum Gasteiger partial charge on any atom is 0.247 e. The van der Waals surface area contributed by atoms with Crippen LogP contribution >= 0.6 is 0 Å².